The summed E-state index contributed by atoms with van der Waals surface area (Å²) in [6, 6.07) is 11.0. The topological polar surface area (TPSA) is 76.0 Å². The highest BCUT2D eigenvalue weighted by Crippen LogP contribution is 2.58. The molecular weight excluding hydrogens is 392 g/mol. The molecule has 164 valence electrons. The van der Waals surface area contributed by atoms with Crippen molar-refractivity contribution in [1.82, 2.24) is 0 Å². The molecule has 0 aromatic heterocycles. The van der Waals surface area contributed by atoms with Crippen LogP contribution in [0.2, 0.25) is 0 Å². The van der Waals surface area contributed by atoms with Crippen molar-refractivity contribution in [3.05, 3.63) is 59.2 Å². The number of aromatic hydroxyl groups is 1. The van der Waals surface area contributed by atoms with Crippen LogP contribution < -0.4 is 9.47 Å². The van der Waals surface area contributed by atoms with Crippen molar-refractivity contribution in [3.8, 4) is 17.2 Å². The molecule has 0 bridgehead atoms. The Balaban J connectivity index is 1.82. The molecule has 1 aliphatic heterocycles. The van der Waals surface area contributed by atoms with Crippen molar-refractivity contribution in [2.45, 2.75) is 51.2 Å². The van der Waals surface area contributed by atoms with Gasteiger partial charge in [-0.15, -0.1) is 0 Å². The van der Waals surface area contributed by atoms with Gasteiger partial charge < -0.3 is 19.7 Å². The molecule has 0 amide bonds. The molecule has 5 nitrogen and oxygen atoms in total. The molecule has 5 heteroatoms. The van der Waals surface area contributed by atoms with Crippen LogP contribution in [0, 0.1) is 11.8 Å². The van der Waals surface area contributed by atoms with E-state index in [1.807, 2.05) is 30.3 Å². The normalized spacial score (nSPS) is 27.1. The highest BCUT2D eigenvalue weighted by Gasteiger charge is 2.55. The number of ketones is 1. The fourth-order valence-corrected chi connectivity index (χ4v) is 5.13. The Labute approximate surface area is 183 Å². The maximum absolute atomic E-state index is 13.2. The van der Waals surface area contributed by atoms with E-state index in [0.717, 1.165) is 17.5 Å². The molecule has 1 heterocycles. The first-order chi connectivity index (χ1) is 14.7. The largest absolute Gasteiger partial charge is 0.507 e. The molecule has 2 aromatic rings. The Hall–Kier alpha value is -2.79. The minimum absolute atomic E-state index is 0.112. The smallest absolute Gasteiger partial charge is 0.193 e. The standard InChI is InChI=1S/C26H30O5/c1-15(2)17-12-13-26(3,29)25-21(17)23-20(30-4)14-19(28)22(24(23)31-25)18(27)11-10-16-8-6-5-7-9-16/h5-11,14-15,17,21,25,28-29H,12-13H2,1-4H3/b11-10+/t17-,21+,25-,26+/m0/s1. The summed E-state index contributed by atoms with van der Waals surface area (Å²) in [7, 11) is 1.55. The van der Waals surface area contributed by atoms with Gasteiger partial charge in [0, 0.05) is 17.5 Å². The zero-order valence-electron chi connectivity index (χ0n) is 18.5. The quantitative estimate of drug-likeness (QED) is 0.526. The second-order valence-corrected chi connectivity index (χ2v) is 9.19. The summed E-state index contributed by atoms with van der Waals surface area (Å²) in [6.07, 6.45) is 4.14. The third kappa shape index (κ3) is 3.72. The molecular formula is C26H30O5. The SMILES string of the molecule is COc1cc(O)c(C(=O)/C=C/c2ccccc2)c2c1[C@H]1[C@H](C(C)C)CC[C@@](C)(O)[C@H]1O2. The molecule has 4 rings (SSSR count). The first-order valence-corrected chi connectivity index (χ1v) is 10.8. The van der Waals surface area contributed by atoms with Crippen LogP contribution in [0.15, 0.2) is 42.5 Å². The molecule has 2 aliphatic rings. The van der Waals surface area contributed by atoms with Gasteiger partial charge in [-0.05, 0) is 43.2 Å². The molecule has 2 aromatic carbocycles. The van der Waals surface area contributed by atoms with Gasteiger partial charge in [0.1, 0.15) is 28.9 Å². The van der Waals surface area contributed by atoms with Crippen molar-refractivity contribution in [2.24, 2.45) is 11.8 Å². The van der Waals surface area contributed by atoms with E-state index >= 15 is 0 Å². The second-order valence-electron chi connectivity index (χ2n) is 9.19. The highest BCUT2D eigenvalue weighted by atomic mass is 16.5. The van der Waals surface area contributed by atoms with Gasteiger partial charge in [-0.3, -0.25) is 4.79 Å². The maximum atomic E-state index is 13.2. The lowest BCUT2D eigenvalue weighted by Gasteiger charge is -2.44. The summed E-state index contributed by atoms with van der Waals surface area (Å²) in [4.78, 5) is 13.2. The van der Waals surface area contributed by atoms with E-state index < -0.39 is 11.7 Å². The van der Waals surface area contributed by atoms with Crippen LogP contribution in [0.4, 0.5) is 0 Å². The molecule has 1 fully saturated rings. The van der Waals surface area contributed by atoms with Gasteiger partial charge in [-0.25, -0.2) is 0 Å². The molecule has 4 atom stereocenters. The number of rotatable bonds is 5. The fourth-order valence-electron chi connectivity index (χ4n) is 5.13. The number of phenolic OH excluding ortho intramolecular Hbond substituents is 1. The first kappa shape index (κ1) is 21.4. The summed E-state index contributed by atoms with van der Waals surface area (Å²) in [6.45, 7) is 6.12. The number of hydrogen-bond donors (Lipinski definition) is 2. The van der Waals surface area contributed by atoms with Gasteiger partial charge in [-0.1, -0.05) is 50.3 Å². The number of phenols is 1. The average Bonchev–Trinajstić information content (AvgIpc) is 3.13. The van der Waals surface area contributed by atoms with Crippen LogP contribution in [0.5, 0.6) is 17.2 Å². The van der Waals surface area contributed by atoms with E-state index in [0.29, 0.717) is 23.8 Å². The van der Waals surface area contributed by atoms with Crippen LogP contribution in [0.25, 0.3) is 6.08 Å². The molecule has 0 saturated heterocycles. The van der Waals surface area contributed by atoms with Crippen molar-refractivity contribution < 1.29 is 24.5 Å². The van der Waals surface area contributed by atoms with Crippen LogP contribution in [0.1, 0.15) is 61.0 Å². The van der Waals surface area contributed by atoms with Gasteiger partial charge in [0.2, 0.25) is 0 Å². The van der Waals surface area contributed by atoms with E-state index in [1.165, 1.54) is 12.1 Å². The number of benzene rings is 2. The van der Waals surface area contributed by atoms with Crippen LogP contribution in [-0.2, 0) is 0 Å². The van der Waals surface area contributed by atoms with Gasteiger partial charge in [0.25, 0.3) is 0 Å². The van der Waals surface area contributed by atoms with Gasteiger partial charge in [0.05, 0.1) is 12.7 Å². The Kier molecular flexibility index (Phi) is 5.56. The Morgan fingerprint density at radius 1 is 1.29 bits per heavy atom. The van der Waals surface area contributed by atoms with Gasteiger partial charge in [0.15, 0.2) is 5.78 Å². The molecule has 31 heavy (non-hydrogen) atoms. The van der Waals surface area contributed by atoms with Crippen molar-refractivity contribution in [1.29, 1.82) is 0 Å². The molecule has 2 N–H and O–H groups in total. The fraction of sp³-hybridized carbons (Fsp3) is 0.423. The number of methoxy groups -OCH3 is 1. The Bertz CT molecular complexity index is 1010. The van der Waals surface area contributed by atoms with Gasteiger partial charge in [-0.2, -0.15) is 0 Å². The number of aliphatic hydroxyl groups is 1. The predicted octanol–water partition coefficient (Wildman–Crippen LogP) is 4.96. The number of ether oxygens (including phenoxy) is 2. The predicted molar refractivity (Wildman–Crippen MR) is 120 cm³/mol. The van der Waals surface area contributed by atoms with E-state index in [1.54, 1.807) is 20.1 Å². The third-order valence-electron chi connectivity index (χ3n) is 6.77. The first-order valence-electron chi connectivity index (χ1n) is 10.8. The van der Waals surface area contributed by atoms with Crippen molar-refractivity contribution in [3.63, 3.8) is 0 Å². The lowest BCUT2D eigenvalue weighted by atomic mass is 9.65. The lowest BCUT2D eigenvalue weighted by molar-refractivity contribution is -0.0919. The summed E-state index contributed by atoms with van der Waals surface area (Å²) in [5.41, 5.74) is 0.754. The highest BCUT2D eigenvalue weighted by molar-refractivity contribution is 6.11. The zero-order valence-corrected chi connectivity index (χ0v) is 18.5. The summed E-state index contributed by atoms with van der Waals surface area (Å²) < 4.78 is 11.9. The maximum Gasteiger partial charge on any atom is 0.193 e. The minimum atomic E-state index is -1.03. The second kappa shape index (κ2) is 8.04. The zero-order chi connectivity index (χ0) is 22.3. The van der Waals surface area contributed by atoms with Crippen molar-refractivity contribution >= 4 is 11.9 Å². The van der Waals surface area contributed by atoms with Gasteiger partial charge >= 0.3 is 0 Å². The summed E-state index contributed by atoms with van der Waals surface area (Å²) >= 11 is 0. The minimum Gasteiger partial charge on any atom is -0.507 e. The third-order valence-corrected chi connectivity index (χ3v) is 6.77. The average molecular weight is 423 g/mol. The number of carbonyl (C=O) groups excluding carboxylic acids is 1. The Morgan fingerprint density at radius 3 is 2.65 bits per heavy atom. The summed E-state index contributed by atoms with van der Waals surface area (Å²) in [5.74, 6) is 0.826. The van der Waals surface area contributed by atoms with E-state index in [4.69, 9.17) is 9.47 Å². The summed E-state index contributed by atoms with van der Waals surface area (Å²) in [5, 5.41) is 21.8. The van der Waals surface area contributed by atoms with Crippen LogP contribution in [0.3, 0.4) is 0 Å². The molecule has 0 spiro atoms. The molecule has 0 radical (unpaired) electrons. The number of carbonyl (C=O) groups is 1. The van der Waals surface area contributed by atoms with E-state index in [-0.39, 0.29) is 28.9 Å². The van der Waals surface area contributed by atoms with E-state index in [2.05, 4.69) is 13.8 Å². The Morgan fingerprint density at radius 2 is 2.00 bits per heavy atom. The number of fused-ring (bicyclic) bond motifs is 3. The van der Waals surface area contributed by atoms with Crippen LogP contribution in [-0.4, -0.2) is 34.8 Å². The van der Waals surface area contributed by atoms with Crippen molar-refractivity contribution in [2.75, 3.05) is 7.11 Å². The van der Waals surface area contributed by atoms with E-state index in [9.17, 15) is 15.0 Å². The number of allylic oxidation sites excluding steroid dienone is 1. The van der Waals surface area contributed by atoms with Crippen LogP contribution >= 0.6 is 0 Å². The molecule has 1 saturated carbocycles. The molecule has 0 unspecified atom stereocenters. The molecule has 1 aliphatic carbocycles. The monoisotopic (exact) mass is 422 g/mol. The lowest BCUT2D eigenvalue weighted by Crippen LogP contribution is -2.51. The number of hydrogen-bond acceptors (Lipinski definition) is 5.